The van der Waals surface area contributed by atoms with Crippen molar-refractivity contribution in [1.29, 1.82) is 0 Å². The maximum absolute atomic E-state index is 13.2. The Kier molecular flexibility index (Phi) is 7.80. The normalized spacial score (nSPS) is 14.1. The lowest BCUT2D eigenvalue weighted by molar-refractivity contribution is -0.132. The fourth-order valence-electron chi connectivity index (χ4n) is 3.06. The van der Waals surface area contributed by atoms with Gasteiger partial charge in [-0.15, -0.1) is 0 Å². The number of hydrogen-bond donors (Lipinski definition) is 3. The number of rotatable bonds is 8. The first-order valence-electron chi connectivity index (χ1n) is 10.2. The highest BCUT2D eigenvalue weighted by molar-refractivity contribution is 5.93. The van der Waals surface area contributed by atoms with Crippen molar-refractivity contribution in [3.8, 4) is 0 Å². The average Bonchev–Trinajstić information content (AvgIpc) is 2.67. The number of benzene rings is 2. The Bertz CT molecular complexity index is 894. The minimum absolute atomic E-state index is 0.222. The molecule has 0 radical (unpaired) electrons. The standard InChI is InChI=1S/C24H31N3O4/c1-23(2,3)31-22(30)26-19(15-17-11-7-5-8-12-17)20(28)27-24(4,21(25)29)16-18-13-9-6-10-14-18/h5-14,19H,15-16H2,1-4H3,(H2,25,29)(H,26,30)(H,27,28)/t19-,24-/m0/s1. The lowest BCUT2D eigenvalue weighted by Crippen LogP contribution is -2.61. The molecule has 7 heteroatoms. The highest BCUT2D eigenvalue weighted by Gasteiger charge is 2.36. The van der Waals surface area contributed by atoms with Crippen molar-refractivity contribution in [2.45, 2.75) is 57.7 Å². The monoisotopic (exact) mass is 425 g/mol. The number of nitrogens with one attached hydrogen (secondary N) is 2. The summed E-state index contributed by atoms with van der Waals surface area (Å²) in [5.74, 6) is -1.19. The van der Waals surface area contributed by atoms with Gasteiger partial charge < -0.3 is 21.1 Å². The molecule has 2 atom stereocenters. The average molecular weight is 426 g/mol. The fourth-order valence-corrected chi connectivity index (χ4v) is 3.06. The van der Waals surface area contributed by atoms with Gasteiger partial charge in [-0.05, 0) is 38.8 Å². The van der Waals surface area contributed by atoms with Crippen molar-refractivity contribution in [1.82, 2.24) is 10.6 Å². The summed E-state index contributed by atoms with van der Waals surface area (Å²) in [6.45, 7) is 6.79. The molecule has 0 saturated carbocycles. The molecule has 166 valence electrons. The number of alkyl carbamates (subject to hydrolysis) is 1. The molecule has 0 aliphatic rings. The minimum Gasteiger partial charge on any atom is -0.444 e. The Morgan fingerprint density at radius 3 is 1.90 bits per heavy atom. The Labute approximate surface area is 183 Å². The van der Waals surface area contributed by atoms with Gasteiger partial charge in [0.25, 0.3) is 0 Å². The molecular weight excluding hydrogens is 394 g/mol. The largest absolute Gasteiger partial charge is 0.444 e. The lowest BCUT2D eigenvalue weighted by atomic mass is 9.91. The predicted octanol–water partition coefficient (Wildman–Crippen LogP) is 2.73. The third-order valence-corrected chi connectivity index (χ3v) is 4.63. The number of carbonyl (C=O) groups excluding carboxylic acids is 3. The van der Waals surface area contributed by atoms with Crippen LogP contribution in [0.25, 0.3) is 0 Å². The first kappa shape index (κ1) is 23.9. The summed E-state index contributed by atoms with van der Waals surface area (Å²) in [6.07, 6.45) is -0.265. The van der Waals surface area contributed by atoms with Crippen molar-refractivity contribution in [3.05, 3.63) is 71.8 Å². The molecular formula is C24H31N3O4. The molecule has 4 N–H and O–H groups in total. The summed E-state index contributed by atoms with van der Waals surface area (Å²) in [5.41, 5.74) is 5.29. The summed E-state index contributed by atoms with van der Waals surface area (Å²) in [5, 5.41) is 5.37. The van der Waals surface area contributed by atoms with Crippen molar-refractivity contribution < 1.29 is 19.1 Å². The van der Waals surface area contributed by atoms with Crippen LogP contribution in [0.5, 0.6) is 0 Å². The maximum atomic E-state index is 13.2. The first-order valence-corrected chi connectivity index (χ1v) is 10.2. The number of primary amides is 1. The molecule has 2 aromatic rings. The van der Waals surface area contributed by atoms with Crippen LogP contribution in [0, 0.1) is 0 Å². The Hall–Kier alpha value is -3.35. The molecule has 0 unspecified atom stereocenters. The number of carbonyl (C=O) groups is 3. The minimum atomic E-state index is -1.33. The Morgan fingerprint density at radius 2 is 1.42 bits per heavy atom. The Morgan fingerprint density at radius 1 is 0.903 bits per heavy atom. The summed E-state index contributed by atoms with van der Waals surface area (Å²) in [4.78, 5) is 37.8. The van der Waals surface area contributed by atoms with E-state index < -0.39 is 35.1 Å². The highest BCUT2D eigenvalue weighted by Crippen LogP contribution is 2.15. The van der Waals surface area contributed by atoms with Gasteiger partial charge in [0.15, 0.2) is 0 Å². The molecule has 0 saturated heterocycles. The van der Waals surface area contributed by atoms with Gasteiger partial charge in [0.05, 0.1) is 0 Å². The quantitative estimate of drug-likeness (QED) is 0.604. The van der Waals surface area contributed by atoms with E-state index in [1.54, 1.807) is 27.7 Å². The lowest BCUT2D eigenvalue weighted by Gasteiger charge is -2.30. The van der Waals surface area contributed by atoms with E-state index in [9.17, 15) is 14.4 Å². The second-order valence-corrected chi connectivity index (χ2v) is 8.74. The third kappa shape index (κ3) is 7.77. The number of amides is 3. The van der Waals surface area contributed by atoms with Crippen molar-refractivity contribution >= 4 is 17.9 Å². The topological polar surface area (TPSA) is 111 Å². The van der Waals surface area contributed by atoms with Gasteiger partial charge >= 0.3 is 6.09 Å². The number of nitrogens with two attached hydrogens (primary N) is 1. The van der Waals surface area contributed by atoms with E-state index in [1.165, 1.54) is 0 Å². The molecule has 3 amide bonds. The van der Waals surface area contributed by atoms with Gasteiger partial charge in [0.1, 0.15) is 17.2 Å². The van der Waals surface area contributed by atoms with Crippen LogP contribution in [0.15, 0.2) is 60.7 Å². The molecule has 0 aliphatic carbocycles. The second-order valence-electron chi connectivity index (χ2n) is 8.74. The summed E-state index contributed by atoms with van der Waals surface area (Å²) in [6, 6.07) is 17.6. The van der Waals surface area contributed by atoms with Crippen LogP contribution in [0.3, 0.4) is 0 Å². The van der Waals surface area contributed by atoms with E-state index in [0.717, 1.165) is 11.1 Å². The fraction of sp³-hybridized carbons (Fsp3) is 0.375. The van der Waals surface area contributed by atoms with Crippen LogP contribution in [0.4, 0.5) is 4.79 Å². The molecule has 0 heterocycles. The van der Waals surface area contributed by atoms with E-state index in [-0.39, 0.29) is 12.8 Å². The van der Waals surface area contributed by atoms with Crippen LogP contribution >= 0.6 is 0 Å². The first-order chi connectivity index (χ1) is 14.5. The molecule has 2 rings (SSSR count). The smallest absolute Gasteiger partial charge is 0.408 e. The SMILES string of the molecule is CC(C)(C)OC(=O)N[C@@H](Cc1ccccc1)C(=O)N[C@@](C)(Cc1ccccc1)C(N)=O. The van der Waals surface area contributed by atoms with Gasteiger partial charge in [-0.3, -0.25) is 9.59 Å². The summed E-state index contributed by atoms with van der Waals surface area (Å²) >= 11 is 0. The number of hydrogen-bond acceptors (Lipinski definition) is 4. The van der Waals surface area contributed by atoms with E-state index in [4.69, 9.17) is 10.5 Å². The van der Waals surface area contributed by atoms with E-state index in [0.29, 0.717) is 0 Å². The van der Waals surface area contributed by atoms with Crippen molar-refractivity contribution in [2.24, 2.45) is 5.73 Å². The van der Waals surface area contributed by atoms with E-state index >= 15 is 0 Å². The zero-order valence-electron chi connectivity index (χ0n) is 18.5. The number of ether oxygens (including phenoxy) is 1. The third-order valence-electron chi connectivity index (χ3n) is 4.63. The van der Waals surface area contributed by atoms with E-state index in [1.807, 2.05) is 60.7 Å². The molecule has 7 nitrogen and oxygen atoms in total. The highest BCUT2D eigenvalue weighted by atomic mass is 16.6. The summed E-state index contributed by atoms with van der Waals surface area (Å²) in [7, 11) is 0. The zero-order chi connectivity index (χ0) is 23.1. The maximum Gasteiger partial charge on any atom is 0.408 e. The van der Waals surface area contributed by atoms with Gasteiger partial charge in [0, 0.05) is 12.8 Å². The van der Waals surface area contributed by atoms with Crippen LogP contribution in [0.1, 0.15) is 38.8 Å². The second kappa shape index (κ2) is 10.1. The van der Waals surface area contributed by atoms with Crippen molar-refractivity contribution in [2.75, 3.05) is 0 Å². The molecule has 0 spiro atoms. The Balaban J connectivity index is 2.22. The molecule has 0 bridgehead atoms. The molecule has 0 fully saturated rings. The van der Waals surface area contributed by atoms with Crippen LogP contribution in [-0.4, -0.2) is 35.1 Å². The van der Waals surface area contributed by atoms with Gasteiger partial charge in [-0.2, -0.15) is 0 Å². The van der Waals surface area contributed by atoms with E-state index in [2.05, 4.69) is 10.6 Å². The van der Waals surface area contributed by atoms with Crippen LogP contribution in [-0.2, 0) is 27.2 Å². The molecule has 31 heavy (non-hydrogen) atoms. The molecule has 0 aliphatic heterocycles. The van der Waals surface area contributed by atoms with Crippen LogP contribution < -0.4 is 16.4 Å². The molecule has 2 aromatic carbocycles. The summed E-state index contributed by atoms with van der Waals surface area (Å²) < 4.78 is 5.31. The predicted molar refractivity (Wildman–Crippen MR) is 119 cm³/mol. The zero-order valence-corrected chi connectivity index (χ0v) is 18.5. The molecule has 0 aromatic heterocycles. The van der Waals surface area contributed by atoms with Crippen LogP contribution in [0.2, 0.25) is 0 Å². The van der Waals surface area contributed by atoms with Gasteiger partial charge in [-0.1, -0.05) is 60.7 Å². The van der Waals surface area contributed by atoms with Gasteiger partial charge in [-0.25, -0.2) is 4.79 Å². The van der Waals surface area contributed by atoms with Gasteiger partial charge in [0.2, 0.25) is 11.8 Å². The van der Waals surface area contributed by atoms with Crippen molar-refractivity contribution in [3.63, 3.8) is 0 Å².